The summed E-state index contributed by atoms with van der Waals surface area (Å²) in [7, 11) is -3.43. The Bertz CT molecular complexity index is 360. The molecule has 0 aliphatic rings. The summed E-state index contributed by atoms with van der Waals surface area (Å²) in [5.74, 6) is 0. The standard InChI is InChI=1S/C8H15N3O3S/c1-2-14-7-3-5-10-15(12,13)8-4-6-9-11-8/h4,6,10H,2-3,5,7H2,1H3,(H,9,11). The van der Waals surface area contributed by atoms with Crippen LogP contribution in [-0.2, 0) is 14.8 Å². The van der Waals surface area contributed by atoms with E-state index in [1.54, 1.807) is 0 Å². The Morgan fingerprint density at radius 3 is 3.00 bits per heavy atom. The van der Waals surface area contributed by atoms with E-state index in [0.717, 1.165) is 0 Å². The average molecular weight is 233 g/mol. The number of ether oxygens (including phenoxy) is 1. The molecule has 6 nitrogen and oxygen atoms in total. The molecule has 0 unspecified atom stereocenters. The molecule has 2 N–H and O–H groups in total. The summed E-state index contributed by atoms with van der Waals surface area (Å²) in [5.41, 5.74) is 0. The number of H-pyrrole nitrogens is 1. The monoisotopic (exact) mass is 233 g/mol. The molecule has 7 heteroatoms. The van der Waals surface area contributed by atoms with E-state index in [1.165, 1.54) is 12.3 Å². The van der Waals surface area contributed by atoms with Gasteiger partial charge >= 0.3 is 0 Å². The molecule has 0 amide bonds. The molecule has 0 spiro atoms. The molecule has 0 atom stereocenters. The maximum Gasteiger partial charge on any atom is 0.257 e. The molecule has 15 heavy (non-hydrogen) atoms. The predicted octanol–water partition coefficient (Wildman–Crippen LogP) is 0.115. The lowest BCUT2D eigenvalue weighted by Gasteiger charge is -2.04. The largest absolute Gasteiger partial charge is 0.382 e. The first kappa shape index (κ1) is 12.2. The van der Waals surface area contributed by atoms with Gasteiger partial charge in [-0.3, -0.25) is 5.10 Å². The number of nitrogens with one attached hydrogen (secondary N) is 2. The topological polar surface area (TPSA) is 84.1 Å². The minimum atomic E-state index is -3.43. The molecule has 0 saturated heterocycles. The highest BCUT2D eigenvalue weighted by Gasteiger charge is 2.13. The van der Waals surface area contributed by atoms with Gasteiger partial charge in [0.25, 0.3) is 10.0 Å². The minimum absolute atomic E-state index is 0.0823. The highest BCUT2D eigenvalue weighted by Crippen LogP contribution is 2.01. The van der Waals surface area contributed by atoms with Gasteiger partial charge in [-0.05, 0) is 19.4 Å². The van der Waals surface area contributed by atoms with Gasteiger partial charge < -0.3 is 4.74 Å². The predicted molar refractivity (Wildman–Crippen MR) is 54.9 cm³/mol. The van der Waals surface area contributed by atoms with Crippen molar-refractivity contribution in [2.24, 2.45) is 0 Å². The van der Waals surface area contributed by atoms with E-state index in [1.807, 2.05) is 6.92 Å². The van der Waals surface area contributed by atoms with Crippen LogP contribution in [0.25, 0.3) is 0 Å². The molecule has 1 heterocycles. The summed E-state index contributed by atoms with van der Waals surface area (Å²) in [6.07, 6.45) is 2.05. The van der Waals surface area contributed by atoms with Gasteiger partial charge in [0.05, 0.1) is 6.20 Å². The van der Waals surface area contributed by atoms with Gasteiger partial charge in [0.1, 0.15) is 0 Å². The molecular formula is C8H15N3O3S. The molecule has 0 aliphatic carbocycles. The van der Waals surface area contributed by atoms with Crippen LogP contribution >= 0.6 is 0 Å². The normalized spacial score (nSPS) is 11.8. The molecule has 0 fully saturated rings. The number of rotatable bonds is 7. The van der Waals surface area contributed by atoms with E-state index in [9.17, 15) is 8.42 Å². The summed E-state index contributed by atoms with van der Waals surface area (Å²) < 4.78 is 30.5. The van der Waals surface area contributed by atoms with Crippen molar-refractivity contribution in [3.63, 3.8) is 0 Å². The maximum atomic E-state index is 11.5. The molecule has 1 aromatic heterocycles. The van der Waals surface area contributed by atoms with Gasteiger partial charge in [-0.1, -0.05) is 0 Å². The first-order chi connectivity index (χ1) is 7.17. The first-order valence-electron chi connectivity index (χ1n) is 4.73. The Labute approximate surface area is 89.1 Å². The Morgan fingerprint density at radius 2 is 2.40 bits per heavy atom. The lowest BCUT2D eigenvalue weighted by atomic mass is 10.5. The van der Waals surface area contributed by atoms with E-state index in [-0.39, 0.29) is 5.03 Å². The third-order valence-electron chi connectivity index (χ3n) is 1.73. The minimum Gasteiger partial charge on any atom is -0.382 e. The number of hydrogen-bond acceptors (Lipinski definition) is 4. The van der Waals surface area contributed by atoms with Crippen LogP contribution < -0.4 is 4.72 Å². The number of aromatic amines is 1. The molecule has 1 rings (SSSR count). The lowest BCUT2D eigenvalue weighted by molar-refractivity contribution is 0.146. The Hall–Kier alpha value is -0.920. The van der Waals surface area contributed by atoms with Gasteiger partial charge in [-0.25, -0.2) is 13.1 Å². The molecule has 86 valence electrons. The summed E-state index contributed by atoms with van der Waals surface area (Å²) in [6, 6.07) is 1.41. The van der Waals surface area contributed by atoms with Crippen LogP contribution in [0.1, 0.15) is 13.3 Å². The molecule has 0 bridgehead atoms. The van der Waals surface area contributed by atoms with Crippen molar-refractivity contribution in [1.82, 2.24) is 14.9 Å². The zero-order chi connectivity index (χ0) is 11.1. The van der Waals surface area contributed by atoms with Crippen LogP contribution in [0.15, 0.2) is 17.3 Å². The van der Waals surface area contributed by atoms with Crippen molar-refractivity contribution in [1.29, 1.82) is 0 Å². The van der Waals surface area contributed by atoms with E-state index >= 15 is 0 Å². The van der Waals surface area contributed by atoms with E-state index in [2.05, 4.69) is 14.9 Å². The molecule has 0 aromatic carbocycles. The second kappa shape index (κ2) is 5.84. The Morgan fingerprint density at radius 1 is 1.60 bits per heavy atom. The van der Waals surface area contributed by atoms with Crippen molar-refractivity contribution >= 4 is 10.0 Å². The number of sulfonamides is 1. The van der Waals surface area contributed by atoms with Crippen LogP contribution in [0.5, 0.6) is 0 Å². The van der Waals surface area contributed by atoms with Crippen molar-refractivity contribution in [2.75, 3.05) is 19.8 Å². The molecular weight excluding hydrogens is 218 g/mol. The van der Waals surface area contributed by atoms with Crippen molar-refractivity contribution in [3.8, 4) is 0 Å². The summed E-state index contributed by atoms with van der Waals surface area (Å²) >= 11 is 0. The number of hydrogen-bond donors (Lipinski definition) is 2. The van der Waals surface area contributed by atoms with Crippen molar-refractivity contribution < 1.29 is 13.2 Å². The van der Waals surface area contributed by atoms with E-state index in [0.29, 0.717) is 26.2 Å². The maximum absolute atomic E-state index is 11.5. The van der Waals surface area contributed by atoms with Crippen LogP contribution in [0.4, 0.5) is 0 Å². The van der Waals surface area contributed by atoms with Crippen molar-refractivity contribution in [3.05, 3.63) is 12.3 Å². The van der Waals surface area contributed by atoms with Crippen LogP contribution in [-0.4, -0.2) is 38.4 Å². The average Bonchev–Trinajstić information content (AvgIpc) is 2.70. The summed E-state index contributed by atoms with van der Waals surface area (Å²) in [6.45, 7) is 3.46. The molecule has 0 saturated carbocycles. The molecule has 0 radical (unpaired) electrons. The SMILES string of the molecule is CCOCCCNS(=O)(=O)c1ccn[nH]1. The lowest BCUT2D eigenvalue weighted by Crippen LogP contribution is -2.25. The van der Waals surface area contributed by atoms with Crippen molar-refractivity contribution in [2.45, 2.75) is 18.4 Å². The summed E-state index contributed by atoms with van der Waals surface area (Å²) in [5, 5.41) is 6.06. The zero-order valence-electron chi connectivity index (χ0n) is 8.56. The highest BCUT2D eigenvalue weighted by molar-refractivity contribution is 7.89. The second-order valence-electron chi connectivity index (χ2n) is 2.87. The van der Waals surface area contributed by atoms with E-state index < -0.39 is 10.0 Å². The van der Waals surface area contributed by atoms with Gasteiger partial charge in [0, 0.05) is 19.8 Å². The van der Waals surface area contributed by atoms with Crippen LogP contribution in [0.3, 0.4) is 0 Å². The second-order valence-corrected chi connectivity index (χ2v) is 4.60. The van der Waals surface area contributed by atoms with Crippen LogP contribution in [0.2, 0.25) is 0 Å². The Kier molecular flexibility index (Phi) is 4.73. The fourth-order valence-electron chi connectivity index (χ4n) is 0.996. The smallest absolute Gasteiger partial charge is 0.257 e. The summed E-state index contributed by atoms with van der Waals surface area (Å²) in [4.78, 5) is 0. The highest BCUT2D eigenvalue weighted by atomic mass is 32.2. The van der Waals surface area contributed by atoms with Gasteiger partial charge in [-0.2, -0.15) is 5.10 Å². The fraction of sp³-hybridized carbons (Fsp3) is 0.625. The quantitative estimate of drug-likeness (QED) is 0.655. The third kappa shape index (κ3) is 3.98. The van der Waals surface area contributed by atoms with Gasteiger partial charge in [0.15, 0.2) is 5.03 Å². The zero-order valence-corrected chi connectivity index (χ0v) is 9.38. The number of aromatic nitrogens is 2. The first-order valence-corrected chi connectivity index (χ1v) is 6.22. The van der Waals surface area contributed by atoms with Gasteiger partial charge in [-0.15, -0.1) is 0 Å². The van der Waals surface area contributed by atoms with E-state index in [4.69, 9.17) is 4.74 Å². The molecule has 0 aliphatic heterocycles. The molecule has 1 aromatic rings. The number of nitrogens with zero attached hydrogens (tertiary/aromatic N) is 1. The van der Waals surface area contributed by atoms with Gasteiger partial charge in [0.2, 0.25) is 0 Å². The fourth-order valence-corrected chi connectivity index (χ4v) is 1.98. The third-order valence-corrected chi connectivity index (χ3v) is 3.12. The van der Waals surface area contributed by atoms with Crippen LogP contribution in [0, 0.1) is 0 Å². The Balaban J connectivity index is 2.32.